The molecule has 0 radical (unpaired) electrons. The van der Waals surface area contributed by atoms with E-state index in [1.807, 2.05) is 0 Å². The van der Waals surface area contributed by atoms with Gasteiger partial charge in [0, 0.05) is 10.7 Å². The average Bonchev–Trinajstić information content (AvgIpc) is 2.83. The zero-order chi connectivity index (χ0) is 17.7. The molecule has 0 fully saturated rings. The predicted molar refractivity (Wildman–Crippen MR) is 90.7 cm³/mol. The molecule has 1 aliphatic rings. The number of benzene rings is 1. The van der Waals surface area contributed by atoms with Crippen molar-refractivity contribution in [3.8, 4) is 6.07 Å². The molecule has 0 N–H and O–H groups in total. The molecule has 0 bridgehead atoms. The summed E-state index contributed by atoms with van der Waals surface area (Å²) in [5, 5.41) is 9.36. The zero-order valence-corrected chi connectivity index (χ0v) is 14.5. The number of nitriles is 1. The Balaban J connectivity index is 2.76. The number of anilines is 1. The van der Waals surface area contributed by atoms with Crippen LogP contribution in [0.15, 0.2) is 58.4 Å². The van der Waals surface area contributed by atoms with E-state index in [1.54, 1.807) is 36.6 Å². The lowest BCUT2D eigenvalue weighted by Gasteiger charge is -2.24. The minimum Gasteiger partial charge on any atom is -0.465 e. The van der Waals surface area contributed by atoms with Crippen LogP contribution in [0.1, 0.15) is 5.56 Å². The fourth-order valence-electron chi connectivity index (χ4n) is 2.15. The van der Waals surface area contributed by atoms with Crippen molar-refractivity contribution in [3.05, 3.63) is 63.9 Å². The molecular formula is C17H13BrN2O4. The molecular weight excluding hydrogens is 376 g/mol. The average molecular weight is 389 g/mol. The summed E-state index contributed by atoms with van der Waals surface area (Å²) in [6, 6.07) is 7.06. The quantitative estimate of drug-likeness (QED) is 0.740. The number of hydrogen-bond donors (Lipinski definition) is 0. The summed E-state index contributed by atoms with van der Waals surface area (Å²) in [6.07, 6.45) is 6.26. The molecule has 24 heavy (non-hydrogen) atoms. The van der Waals surface area contributed by atoms with Gasteiger partial charge in [0.1, 0.15) is 11.8 Å². The molecule has 122 valence electrons. The van der Waals surface area contributed by atoms with Crippen LogP contribution in [0, 0.1) is 11.3 Å². The Morgan fingerprint density at radius 2 is 1.88 bits per heavy atom. The minimum atomic E-state index is -0.726. The van der Waals surface area contributed by atoms with E-state index in [0.717, 1.165) is 0 Å². The Hall–Kier alpha value is -2.85. The van der Waals surface area contributed by atoms with Crippen molar-refractivity contribution in [1.29, 1.82) is 5.26 Å². The Morgan fingerprint density at radius 1 is 1.17 bits per heavy atom. The Morgan fingerprint density at radius 3 is 2.50 bits per heavy atom. The lowest BCUT2D eigenvalue weighted by atomic mass is 10.1. The van der Waals surface area contributed by atoms with Crippen LogP contribution < -0.4 is 4.90 Å². The van der Waals surface area contributed by atoms with Gasteiger partial charge in [-0.1, -0.05) is 22.0 Å². The second-order valence-electron chi connectivity index (χ2n) is 4.59. The third-order valence-electron chi connectivity index (χ3n) is 3.23. The van der Waals surface area contributed by atoms with Gasteiger partial charge in [0.15, 0.2) is 0 Å². The molecule has 1 heterocycles. The number of hydrogen-bond acceptors (Lipinski definition) is 6. The number of halogens is 1. The maximum atomic E-state index is 12.3. The summed E-state index contributed by atoms with van der Waals surface area (Å²) in [4.78, 5) is 25.8. The molecule has 2 rings (SSSR count). The highest BCUT2D eigenvalue weighted by Crippen LogP contribution is 2.31. The third-order valence-corrected chi connectivity index (χ3v) is 3.72. The Bertz CT molecular complexity index is 818. The van der Waals surface area contributed by atoms with Gasteiger partial charge in [-0.3, -0.25) is 0 Å². The van der Waals surface area contributed by atoms with Crippen LogP contribution >= 0.6 is 15.9 Å². The normalized spacial score (nSPS) is 13.3. The molecule has 0 saturated heterocycles. The topological polar surface area (TPSA) is 79.6 Å². The molecule has 0 atom stereocenters. The van der Waals surface area contributed by atoms with Crippen LogP contribution in [-0.2, 0) is 19.1 Å². The first-order valence-electron chi connectivity index (χ1n) is 6.78. The second-order valence-corrected chi connectivity index (χ2v) is 5.51. The third kappa shape index (κ3) is 3.39. The SMILES string of the molecule is COC(=O)C1=C(C(=O)OC)N(c2cc(Br)ccc2C#N)C=CC=C1. The summed E-state index contributed by atoms with van der Waals surface area (Å²) >= 11 is 3.34. The Labute approximate surface area is 147 Å². The van der Waals surface area contributed by atoms with Gasteiger partial charge in [-0.25, -0.2) is 9.59 Å². The van der Waals surface area contributed by atoms with Crippen molar-refractivity contribution in [2.45, 2.75) is 0 Å². The van der Waals surface area contributed by atoms with Crippen molar-refractivity contribution >= 4 is 33.6 Å². The number of ether oxygens (including phenoxy) is 2. The van der Waals surface area contributed by atoms with E-state index in [9.17, 15) is 14.9 Å². The number of carbonyl (C=O) groups excluding carboxylic acids is 2. The van der Waals surface area contributed by atoms with E-state index >= 15 is 0 Å². The molecule has 7 heteroatoms. The first kappa shape index (κ1) is 17.5. The number of methoxy groups -OCH3 is 2. The van der Waals surface area contributed by atoms with Crippen molar-refractivity contribution < 1.29 is 19.1 Å². The van der Waals surface area contributed by atoms with Gasteiger partial charge < -0.3 is 14.4 Å². The highest BCUT2D eigenvalue weighted by atomic mass is 79.9. The first-order valence-corrected chi connectivity index (χ1v) is 7.57. The molecule has 0 saturated carbocycles. The monoisotopic (exact) mass is 388 g/mol. The van der Waals surface area contributed by atoms with Crippen LogP contribution in [0.2, 0.25) is 0 Å². The van der Waals surface area contributed by atoms with Crippen LogP contribution in [0.5, 0.6) is 0 Å². The van der Waals surface area contributed by atoms with Crippen LogP contribution in [-0.4, -0.2) is 26.2 Å². The van der Waals surface area contributed by atoms with Gasteiger partial charge in [0.25, 0.3) is 0 Å². The van der Waals surface area contributed by atoms with E-state index in [0.29, 0.717) is 15.7 Å². The predicted octanol–water partition coefficient (Wildman–Crippen LogP) is 2.81. The standard InChI is InChI=1S/C17H13BrN2O4/c1-23-16(21)13-5-3-4-8-20(15(13)17(22)24-2)14-9-12(18)7-6-11(14)10-19/h3-9H,1-2H3. The van der Waals surface area contributed by atoms with Crippen LogP contribution in [0.25, 0.3) is 0 Å². The van der Waals surface area contributed by atoms with Crippen molar-refractivity contribution in [1.82, 2.24) is 0 Å². The van der Waals surface area contributed by atoms with E-state index < -0.39 is 11.9 Å². The lowest BCUT2D eigenvalue weighted by Crippen LogP contribution is -2.27. The summed E-state index contributed by atoms with van der Waals surface area (Å²) < 4.78 is 10.3. The fraction of sp³-hybridized carbons (Fsp3) is 0.118. The maximum absolute atomic E-state index is 12.3. The van der Waals surface area contributed by atoms with Gasteiger partial charge >= 0.3 is 11.9 Å². The van der Waals surface area contributed by atoms with Gasteiger partial charge in [-0.15, -0.1) is 0 Å². The molecule has 1 aromatic rings. The fourth-order valence-corrected chi connectivity index (χ4v) is 2.50. The largest absolute Gasteiger partial charge is 0.465 e. The number of nitrogens with zero attached hydrogens (tertiary/aromatic N) is 2. The molecule has 0 amide bonds. The second kappa shape index (κ2) is 7.62. The smallest absolute Gasteiger partial charge is 0.355 e. The first-order chi connectivity index (χ1) is 11.5. The molecule has 0 aliphatic carbocycles. The van der Waals surface area contributed by atoms with Crippen molar-refractivity contribution in [2.75, 3.05) is 19.1 Å². The summed E-state index contributed by atoms with van der Waals surface area (Å²) in [5.41, 5.74) is 0.742. The van der Waals surface area contributed by atoms with Crippen LogP contribution in [0.3, 0.4) is 0 Å². The van der Waals surface area contributed by atoms with Gasteiger partial charge in [-0.05, 0) is 30.4 Å². The molecule has 6 nitrogen and oxygen atoms in total. The van der Waals surface area contributed by atoms with E-state index in [4.69, 9.17) is 9.47 Å². The van der Waals surface area contributed by atoms with Gasteiger partial charge in [-0.2, -0.15) is 5.26 Å². The molecule has 0 aromatic heterocycles. The molecule has 0 unspecified atom stereocenters. The number of allylic oxidation sites excluding steroid dienone is 2. The van der Waals surface area contributed by atoms with E-state index in [-0.39, 0.29) is 11.3 Å². The van der Waals surface area contributed by atoms with Crippen molar-refractivity contribution in [3.63, 3.8) is 0 Å². The molecule has 0 spiro atoms. The highest BCUT2D eigenvalue weighted by Gasteiger charge is 2.28. The van der Waals surface area contributed by atoms with E-state index in [1.165, 1.54) is 25.2 Å². The van der Waals surface area contributed by atoms with Crippen molar-refractivity contribution in [2.24, 2.45) is 0 Å². The van der Waals surface area contributed by atoms with E-state index in [2.05, 4.69) is 22.0 Å². The number of carbonyl (C=O) groups is 2. The maximum Gasteiger partial charge on any atom is 0.355 e. The summed E-state index contributed by atoms with van der Waals surface area (Å²) in [5.74, 6) is -1.41. The number of esters is 2. The summed E-state index contributed by atoms with van der Waals surface area (Å²) in [6.45, 7) is 0. The highest BCUT2D eigenvalue weighted by molar-refractivity contribution is 9.10. The van der Waals surface area contributed by atoms with Gasteiger partial charge in [0.05, 0.1) is 31.0 Å². The Kier molecular flexibility index (Phi) is 5.55. The zero-order valence-electron chi connectivity index (χ0n) is 12.9. The lowest BCUT2D eigenvalue weighted by molar-refractivity contribution is -0.139. The number of rotatable bonds is 3. The molecule has 1 aromatic carbocycles. The minimum absolute atomic E-state index is 0.0261. The summed E-state index contributed by atoms with van der Waals surface area (Å²) in [7, 11) is 2.44. The van der Waals surface area contributed by atoms with Gasteiger partial charge in [0.2, 0.25) is 0 Å². The van der Waals surface area contributed by atoms with Crippen LogP contribution in [0.4, 0.5) is 5.69 Å². The molecule has 1 aliphatic heterocycles.